The average molecular weight is 264 g/mol. The summed E-state index contributed by atoms with van der Waals surface area (Å²) in [5, 5.41) is 2.89. The highest BCUT2D eigenvalue weighted by molar-refractivity contribution is 5.91. The topological polar surface area (TPSA) is 50.8 Å². The molecule has 1 fully saturated rings. The number of urea groups is 1. The summed E-state index contributed by atoms with van der Waals surface area (Å²) in [7, 11) is 1.59. The van der Waals surface area contributed by atoms with Gasteiger partial charge in [-0.25, -0.2) is 4.79 Å². The molecule has 0 radical (unpaired) electrons. The van der Waals surface area contributed by atoms with Crippen LogP contribution < -0.4 is 10.1 Å². The van der Waals surface area contributed by atoms with E-state index in [9.17, 15) is 4.79 Å². The Morgan fingerprint density at radius 3 is 2.89 bits per heavy atom. The number of benzene rings is 1. The molecule has 19 heavy (non-hydrogen) atoms. The van der Waals surface area contributed by atoms with Crippen LogP contribution in [0.2, 0.25) is 0 Å². The van der Waals surface area contributed by atoms with Crippen molar-refractivity contribution >= 4 is 11.7 Å². The molecule has 1 aliphatic heterocycles. The summed E-state index contributed by atoms with van der Waals surface area (Å²) >= 11 is 0. The number of methoxy groups -OCH3 is 1. The number of amides is 2. The molecule has 1 N–H and O–H groups in total. The number of anilines is 1. The predicted molar refractivity (Wildman–Crippen MR) is 73.6 cm³/mol. The fourth-order valence-electron chi connectivity index (χ4n) is 2.12. The van der Waals surface area contributed by atoms with E-state index in [2.05, 4.69) is 5.32 Å². The Hall–Kier alpha value is -1.75. The first-order chi connectivity index (χ1) is 9.11. The van der Waals surface area contributed by atoms with E-state index >= 15 is 0 Å². The van der Waals surface area contributed by atoms with Gasteiger partial charge in [0.15, 0.2) is 0 Å². The van der Waals surface area contributed by atoms with Crippen LogP contribution in [0.3, 0.4) is 0 Å². The summed E-state index contributed by atoms with van der Waals surface area (Å²) in [6.45, 7) is 5.12. The summed E-state index contributed by atoms with van der Waals surface area (Å²) < 4.78 is 10.7. The van der Waals surface area contributed by atoms with Crippen molar-refractivity contribution in [2.45, 2.75) is 26.0 Å². The third kappa shape index (κ3) is 3.17. The number of para-hydroxylation sites is 2. The number of ether oxygens (including phenoxy) is 2. The maximum absolute atomic E-state index is 12.3. The first-order valence-corrected chi connectivity index (χ1v) is 6.44. The monoisotopic (exact) mass is 264 g/mol. The zero-order valence-corrected chi connectivity index (χ0v) is 11.6. The van der Waals surface area contributed by atoms with E-state index in [4.69, 9.17) is 9.47 Å². The van der Waals surface area contributed by atoms with Gasteiger partial charge in [0.25, 0.3) is 0 Å². The van der Waals surface area contributed by atoms with Crippen molar-refractivity contribution in [2.24, 2.45) is 0 Å². The van der Waals surface area contributed by atoms with Gasteiger partial charge in [-0.15, -0.1) is 0 Å². The maximum atomic E-state index is 12.3. The zero-order chi connectivity index (χ0) is 13.8. The van der Waals surface area contributed by atoms with Crippen LogP contribution in [-0.2, 0) is 4.74 Å². The van der Waals surface area contributed by atoms with E-state index in [1.807, 2.05) is 38.1 Å². The largest absolute Gasteiger partial charge is 0.495 e. The van der Waals surface area contributed by atoms with Gasteiger partial charge < -0.3 is 19.7 Å². The van der Waals surface area contributed by atoms with E-state index in [-0.39, 0.29) is 18.2 Å². The fourth-order valence-corrected chi connectivity index (χ4v) is 2.12. The molecule has 2 rings (SSSR count). The smallest absolute Gasteiger partial charge is 0.322 e. The van der Waals surface area contributed by atoms with Crippen LogP contribution in [0.5, 0.6) is 5.75 Å². The number of nitrogens with zero attached hydrogens (tertiary/aromatic N) is 1. The third-order valence-electron chi connectivity index (χ3n) is 3.22. The molecule has 1 heterocycles. The van der Waals surface area contributed by atoms with Gasteiger partial charge in [0.05, 0.1) is 31.5 Å². The summed E-state index contributed by atoms with van der Waals surface area (Å²) in [6.07, 6.45) is 0.0691. The summed E-state index contributed by atoms with van der Waals surface area (Å²) in [4.78, 5) is 14.1. The minimum Gasteiger partial charge on any atom is -0.495 e. The molecule has 5 nitrogen and oxygen atoms in total. The number of hydrogen-bond donors (Lipinski definition) is 1. The lowest BCUT2D eigenvalue weighted by Crippen LogP contribution is -2.51. The van der Waals surface area contributed by atoms with E-state index in [0.29, 0.717) is 24.6 Å². The molecule has 5 heteroatoms. The minimum absolute atomic E-state index is 0.0691. The highest BCUT2D eigenvalue weighted by atomic mass is 16.5. The van der Waals surface area contributed by atoms with Gasteiger partial charge in [-0.05, 0) is 26.0 Å². The Bertz CT molecular complexity index is 450. The number of rotatable bonds is 2. The highest BCUT2D eigenvalue weighted by Gasteiger charge is 2.27. The first kappa shape index (κ1) is 13.7. The van der Waals surface area contributed by atoms with Gasteiger partial charge in [0, 0.05) is 6.54 Å². The minimum atomic E-state index is -0.118. The molecule has 104 valence electrons. The number of carbonyl (C=O) groups is 1. The van der Waals surface area contributed by atoms with Crippen molar-refractivity contribution in [3.05, 3.63) is 24.3 Å². The lowest BCUT2D eigenvalue weighted by atomic mass is 10.2. The van der Waals surface area contributed by atoms with Crippen molar-refractivity contribution in [1.29, 1.82) is 0 Å². The first-order valence-electron chi connectivity index (χ1n) is 6.44. The highest BCUT2D eigenvalue weighted by Crippen LogP contribution is 2.24. The van der Waals surface area contributed by atoms with E-state index in [0.717, 1.165) is 0 Å². The molecule has 0 aliphatic carbocycles. The van der Waals surface area contributed by atoms with Crippen LogP contribution in [0, 0.1) is 0 Å². The lowest BCUT2D eigenvalue weighted by molar-refractivity contribution is -0.0296. The van der Waals surface area contributed by atoms with Crippen molar-refractivity contribution in [3.63, 3.8) is 0 Å². The summed E-state index contributed by atoms with van der Waals surface area (Å²) in [5.41, 5.74) is 0.682. The molecule has 1 aromatic rings. The molecule has 2 amide bonds. The normalized spacial score (nSPS) is 23.0. The molecular weight excluding hydrogens is 244 g/mol. The van der Waals surface area contributed by atoms with Crippen molar-refractivity contribution in [1.82, 2.24) is 4.90 Å². The number of nitrogens with one attached hydrogen (secondary N) is 1. The van der Waals surface area contributed by atoms with Crippen LogP contribution in [0.25, 0.3) is 0 Å². The maximum Gasteiger partial charge on any atom is 0.322 e. The Balaban J connectivity index is 2.07. The number of carbonyl (C=O) groups excluding carboxylic acids is 1. The molecule has 2 atom stereocenters. The van der Waals surface area contributed by atoms with Crippen LogP contribution >= 0.6 is 0 Å². The fraction of sp³-hybridized carbons (Fsp3) is 0.500. The van der Waals surface area contributed by atoms with Gasteiger partial charge in [0.2, 0.25) is 0 Å². The van der Waals surface area contributed by atoms with Crippen LogP contribution in [0.1, 0.15) is 13.8 Å². The summed E-state index contributed by atoms with van der Waals surface area (Å²) in [6, 6.07) is 7.34. The van der Waals surface area contributed by atoms with Crippen LogP contribution in [-0.4, -0.2) is 43.3 Å². The molecule has 1 saturated heterocycles. The molecule has 0 aromatic heterocycles. The average Bonchev–Trinajstić information content (AvgIpc) is 2.42. The lowest BCUT2D eigenvalue weighted by Gasteiger charge is -2.36. The molecular formula is C14H20N2O3. The zero-order valence-electron chi connectivity index (χ0n) is 11.6. The Labute approximate surface area is 113 Å². The Morgan fingerprint density at radius 1 is 1.42 bits per heavy atom. The van der Waals surface area contributed by atoms with Crippen molar-refractivity contribution in [2.75, 3.05) is 25.6 Å². The van der Waals surface area contributed by atoms with E-state index in [1.165, 1.54) is 0 Å². The quantitative estimate of drug-likeness (QED) is 0.892. The van der Waals surface area contributed by atoms with Gasteiger partial charge in [-0.2, -0.15) is 0 Å². The second kappa shape index (κ2) is 5.93. The third-order valence-corrected chi connectivity index (χ3v) is 3.22. The van der Waals surface area contributed by atoms with Crippen LogP contribution in [0.15, 0.2) is 24.3 Å². The van der Waals surface area contributed by atoms with Gasteiger partial charge in [-0.1, -0.05) is 12.1 Å². The predicted octanol–water partition coefficient (Wildman–Crippen LogP) is 2.34. The van der Waals surface area contributed by atoms with E-state index in [1.54, 1.807) is 12.0 Å². The summed E-state index contributed by atoms with van der Waals surface area (Å²) in [5.74, 6) is 0.657. The molecule has 0 saturated carbocycles. The van der Waals surface area contributed by atoms with Crippen molar-refractivity contribution in [3.8, 4) is 5.75 Å². The second-order valence-electron chi connectivity index (χ2n) is 4.78. The molecule has 2 unspecified atom stereocenters. The number of morpholine rings is 1. The van der Waals surface area contributed by atoms with Gasteiger partial charge >= 0.3 is 6.03 Å². The Morgan fingerprint density at radius 2 is 2.16 bits per heavy atom. The van der Waals surface area contributed by atoms with Crippen LogP contribution in [0.4, 0.5) is 10.5 Å². The SMILES string of the molecule is COc1ccccc1NC(=O)N1CC(C)OCC1C. The molecule has 1 aliphatic rings. The van der Waals surface area contributed by atoms with Gasteiger partial charge in [-0.3, -0.25) is 0 Å². The van der Waals surface area contributed by atoms with E-state index < -0.39 is 0 Å². The Kier molecular flexibility index (Phi) is 4.27. The van der Waals surface area contributed by atoms with Crippen molar-refractivity contribution < 1.29 is 14.3 Å². The van der Waals surface area contributed by atoms with Gasteiger partial charge in [0.1, 0.15) is 5.75 Å². The standard InChI is InChI=1S/C14H20N2O3/c1-10-9-19-11(2)8-16(10)14(17)15-12-6-4-5-7-13(12)18-3/h4-7,10-11H,8-9H2,1-3H3,(H,15,17). The molecule has 0 bridgehead atoms. The molecule has 0 spiro atoms. The molecule has 1 aromatic carbocycles. The second-order valence-corrected chi connectivity index (χ2v) is 4.78. The number of hydrogen-bond acceptors (Lipinski definition) is 3.